The van der Waals surface area contributed by atoms with E-state index in [9.17, 15) is 0 Å². The molecule has 78 valence electrons. The van der Waals surface area contributed by atoms with Gasteiger partial charge in [0.15, 0.2) is 0 Å². The second kappa shape index (κ2) is 4.99. The van der Waals surface area contributed by atoms with Gasteiger partial charge in [0, 0.05) is 12.6 Å². The molecular weight excluding hydrogens is 158 g/mol. The Morgan fingerprint density at radius 1 is 1.23 bits per heavy atom. The van der Waals surface area contributed by atoms with Gasteiger partial charge in [-0.05, 0) is 31.7 Å². The summed E-state index contributed by atoms with van der Waals surface area (Å²) in [5.74, 6) is 1.72. The molecule has 0 N–H and O–H groups in total. The largest absolute Gasteiger partial charge is 0.303 e. The van der Waals surface area contributed by atoms with Crippen LogP contribution in [0.5, 0.6) is 0 Å². The Labute approximate surface area is 83.5 Å². The minimum absolute atomic E-state index is 0.805. The van der Waals surface area contributed by atoms with Crippen LogP contribution in [0.1, 0.15) is 46.5 Å². The Morgan fingerprint density at radius 3 is 2.38 bits per heavy atom. The van der Waals surface area contributed by atoms with Crippen LogP contribution in [-0.4, -0.2) is 24.5 Å². The van der Waals surface area contributed by atoms with E-state index >= 15 is 0 Å². The van der Waals surface area contributed by atoms with Crippen LogP contribution in [0.2, 0.25) is 0 Å². The average Bonchev–Trinajstić information content (AvgIpc) is 2.03. The Hall–Kier alpha value is -0.0400. The van der Waals surface area contributed by atoms with Gasteiger partial charge >= 0.3 is 0 Å². The van der Waals surface area contributed by atoms with Crippen molar-refractivity contribution in [2.45, 2.75) is 52.5 Å². The van der Waals surface area contributed by atoms with E-state index in [2.05, 4.69) is 32.7 Å². The third-order valence-corrected chi connectivity index (χ3v) is 3.29. The molecule has 0 aromatic heterocycles. The maximum atomic E-state index is 2.58. The predicted molar refractivity (Wildman–Crippen MR) is 58.9 cm³/mol. The van der Waals surface area contributed by atoms with Crippen LogP contribution in [0.15, 0.2) is 0 Å². The monoisotopic (exact) mass is 183 g/mol. The van der Waals surface area contributed by atoms with E-state index in [-0.39, 0.29) is 0 Å². The van der Waals surface area contributed by atoms with Gasteiger partial charge in [0.05, 0.1) is 0 Å². The number of rotatable bonds is 3. The normalized spacial score (nSPS) is 30.0. The summed E-state index contributed by atoms with van der Waals surface area (Å²) in [4.78, 5) is 2.58. The molecule has 1 fully saturated rings. The van der Waals surface area contributed by atoms with Gasteiger partial charge in [-0.2, -0.15) is 0 Å². The van der Waals surface area contributed by atoms with Crippen molar-refractivity contribution < 1.29 is 0 Å². The quantitative estimate of drug-likeness (QED) is 0.649. The first-order chi connectivity index (χ1) is 6.11. The summed E-state index contributed by atoms with van der Waals surface area (Å²) in [6.07, 6.45) is 5.75. The number of nitrogens with zero attached hydrogens (tertiary/aromatic N) is 1. The lowest BCUT2D eigenvalue weighted by molar-refractivity contribution is 0.127. The van der Waals surface area contributed by atoms with Crippen LogP contribution in [0, 0.1) is 11.8 Å². The van der Waals surface area contributed by atoms with E-state index in [1.807, 2.05) is 0 Å². The summed E-state index contributed by atoms with van der Waals surface area (Å²) in [5.41, 5.74) is 0. The lowest BCUT2D eigenvalue weighted by Gasteiger charge is -2.37. The molecule has 0 aromatic rings. The van der Waals surface area contributed by atoms with E-state index in [1.165, 1.54) is 32.2 Å². The maximum absolute atomic E-state index is 2.58. The molecule has 0 aliphatic heterocycles. The van der Waals surface area contributed by atoms with Gasteiger partial charge in [-0.3, -0.25) is 0 Å². The standard InChI is InChI=1S/C12H25N/c1-10(2)9-13(4)12-8-6-5-7-11(12)3/h10-12H,5-9H2,1-4H3/t11-,12-/m0/s1. The molecule has 2 atom stereocenters. The summed E-state index contributed by atoms with van der Waals surface area (Å²) in [6, 6.07) is 0.858. The highest BCUT2D eigenvalue weighted by molar-refractivity contribution is 4.79. The number of hydrogen-bond acceptors (Lipinski definition) is 1. The topological polar surface area (TPSA) is 3.24 Å². The molecule has 0 heterocycles. The fraction of sp³-hybridized carbons (Fsp3) is 1.00. The van der Waals surface area contributed by atoms with Crippen LogP contribution >= 0.6 is 0 Å². The third kappa shape index (κ3) is 3.30. The Morgan fingerprint density at radius 2 is 1.85 bits per heavy atom. The van der Waals surface area contributed by atoms with Gasteiger partial charge in [-0.15, -0.1) is 0 Å². The van der Waals surface area contributed by atoms with E-state index in [1.54, 1.807) is 0 Å². The lowest BCUT2D eigenvalue weighted by Crippen LogP contribution is -2.40. The fourth-order valence-corrected chi connectivity index (χ4v) is 2.66. The zero-order valence-corrected chi connectivity index (χ0v) is 9.71. The van der Waals surface area contributed by atoms with Crippen molar-refractivity contribution in [3.05, 3.63) is 0 Å². The first kappa shape index (κ1) is 11.0. The van der Waals surface area contributed by atoms with Crippen molar-refractivity contribution in [2.75, 3.05) is 13.6 Å². The molecule has 0 spiro atoms. The summed E-state index contributed by atoms with van der Waals surface area (Å²) in [7, 11) is 2.30. The second-order valence-corrected chi connectivity index (χ2v) is 5.16. The highest BCUT2D eigenvalue weighted by Gasteiger charge is 2.24. The minimum atomic E-state index is 0.805. The maximum Gasteiger partial charge on any atom is 0.0118 e. The molecule has 0 amide bonds. The van der Waals surface area contributed by atoms with Gasteiger partial charge in [0.2, 0.25) is 0 Å². The van der Waals surface area contributed by atoms with Crippen molar-refractivity contribution in [1.29, 1.82) is 0 Å². The van der Waals surface area contributed by atoms with Gasteiger partial charge in [0.1, 0.15) is 0 Å². The van der Waals surface area contributed by atoms with Crippen molar-refractivity contribution >= 4 is 0 Å². The molecule has 1 rings (SSSR count). The molecule has 1 aliphatic carbocycles. The van der Waals surface area contributed by atoms with Crippen LogP contribution in [0.25, 0.3) is 0 Å². The van der Waals surface area contributed by atoms with Crippen LogP contribution in [0.4, 0.5) is 0 Å². The van der Waals surface area contributed by atoms with E-state index in [0.717, 1.165) is 17.9 Å². The van der Waals surface area contributed by atoms with Crippen molar-refractivity contribution in [2.24, 2.45) is 11.8 Å². The minimum Gasteiger partial charge on any atom is -0.303 e. The van der Waals surface area contributed by atoms with E-state index < -0.39 is 0 Å². The molecule has 1 saturated carbocycles. The Kier molecular flexibility index (Phi) is 4.24. The van der Waals surface area contributed by atoms with Crippen LogP contribution in [0.3, 0.4) is 0 Å². The van der Waals surface area contributed by atoms with Gasteiger partial charge in [-0.25, -0.2) is 0 Å². The first-order valence-corrected chi connectivity index (χ1v) is 5.81. The summed E-state index contributed by atoms with van der Waals surface area (Å²) < 4.78 is 0. The Balaban J connectivity index is 2.39. The first-order valence-electron chi connectivity index (χ1n) is 5.81. The summed E-state index contributed by atoms with van der Waals surface area (Å²) in [6.45, 7) is 8.30. The molecule has 1 aliphatic rings. The highest BCUT2D eigenvalue weighted by atomic mass is 15.1. The fourth-order valence-electron chi connectivity index (χ4n) is 2.66. The molecule has 1 nitrogen and oxygen atoms in total. The zero-order chi connectivity index (χ0) is 9.84. The van der Waals surface area contributed by atoms with E-state index in [0.29, 0.717) is 0 Å². The van der Waals surface area contributed by atoms with Gasteiger partial charge < -0.3 is 4.90 Å². The summed E-state index contributed by atoms with van der Waals surface area (Å²) >= 11 is 0. The second-order valence-electron chi connectivity index (χ2n) is 5.16. The van der Waals surface area contributed by atoms with Crippen LogP contribution in [-0.2, 0) is 0 Å². The Bertz CT molecular complexity index is 142. The molecule has 1 heteroatoms. The highest BCUT2D eigenvalue weighted by Crippen LogP contribution is 2.27. The summed E-state index contributed by atoms with van der Waals surface area (Å²) in [5, 5.41) is 0. The van der Waals surface area contributed by atoms with Gasteiger partial charge in [-0.1, -0.05) is 33.6 Å². The smallest absolute Gasteiger partial charge is 0.0118 e. The number of hydrogen-bond donors (Lipinski definition) is 0. The molecule has 0 saturated heterocycles. The lowest BCUT2D eigenvalue weighted by atomic mass is 9.85. The molecule has 0 unspecified atom stereocenters. The van der Waals surface area contributed by atoms with Crippen LogP contribution < -0.4 is 0 Å². The van der Waals surface area contributed by atoms with Crippen molar-refractivity contribution in [3.63, 3.8) is 0 Å². The molecule has 13 heavy (non-hydrogen) atoms. The zero-order valence-electron chi connectivity index (χ0n) is 9.71. The van der Waals surface area contributed by atoms with Crippen molar-refractivity contribution in [3.8, 4) is 0 Å². The predicted octanol–water partition coefficient (Wildman–Crippen LogP) is 3.15. The molecular formula is C12H25N. The third-order valence-electron chi connectivity index (χ3n) is 3.29. The van der Waals surface area contributed by atoms with Gasteiger partial charge in [0.25, 0.3) is 0 Å². The molecule has 0 aromatic carbocycles. The SMILES string of the molecule is CC(C)CN(C)[C@H]1CCCC[C@@H]1C. The van der Waals surface area contributed by atoms with E-state index in [4.69, 9.17) is 0 Å². The molecule has 0 radical (unpaired) electrons. The molecule has 0 bridgehead atoms. The van der Waals surface area contributed by atoms with Crippen molar-refractivity contribution in [1.82, 2.24) is 4.90 Å². The average molecular weight is 183 g/mol.